The van der Waals surface area contributed by atoms with E-state index in [9.17, 15) is 19.7 Å². The Morgan fingerprint density at radius 3 is 2.06 bits per heavy atom. The number of nitro groups is 1. The average molecular weight is 420 g/mol. The molecule has 2 aromatic carbocycles. The summed E-state index contributed by atoms with van der Waals surface area (Å²) in [6, 6.07) is 15.7. The van der Waals surface area contributed by atoms with Gasteiger partial charge in [-0.1, -0.05) is 24.3 Å². The summed E-state index contributed by atoms with van der Waals surface area (Å²) in [5.74, 6) is -0.0866. The fraction of sp³-hybridized carbons (Fsp3) is 0.0952. The number of non-ortho nitro benzene ring substituents is 1. The Bertz CT molecular complexity index is 1080. The zero-order chi connectivity index (χ0) is 22.2. The third-order valence-corrected chi connectivity index (χ3v) is 4.36. The number of rotatable bonds is 7. The summed E-state index contributed by atoms with van der Waals surface area (Å²) in [7, 11) is 0. The first-order valence-corrected chi connectivity index (χ1v) is 9.28. The molecule has 0 spiro atoms. The van der Waals surface area contributed by atoms with Crippen LogP contribution in [0.1, 0.15) is 21.5 Å². The Hall–Kier alpha value is -4.47. The van der Waals surface area contributed by atoms with Gasteiger partial charge in [0.2, 0.25) is 0 Å². The lowest BCUT2D eigenvalue weighted by Crippen LogP contribution is -2.34. The number of hydrogen-bond donors (Lipinski definition) is 4. The number of anilines is 2. The Morgan fingerprint density at radius 1 is 0.935 bits per heavy atom. The van der Waals surface area contributed by atoms with Gasteiger partial charge in [0.25, 0.3) is 11.6 Å². The number of pyridine rings is 1. The highest BCUT2D eigenvalue weighted by molar-refractivity contribution is 6.05. The van der Waals surface area contributed by atoms with E-state index in [1.807, 2.05) is 0 Å². The van der Waals surface area contributed by atoms with Crippen molar-refractivity contribution in [1.82, 2.24) is 15.6 Å². The minimum absolute atomic E-state index is 0.00534. The van der Waals surface area contributed by atoms with Gasteiger partial charge in [-0.15, -0.1) is 0 Å². The molecule has 3 amide bonds. The molecule has 5 N–H and O–H groups in total. The minimum atomic E-state index is -0.479. The summed E-state index contributed by atoms with van der Waals surface area (Å²) in [5.41, 5.74) is 8.14. The number of nitro benzene ring substituents is 1. The van der Waals surface area contributed by atoms with Crippen LogP contribution in [0.3, 0.4) is 0 Å². The number of carbonyl (C=O) groups is 2. The first-order valence-electron chi connectivity index (χ1n) is 9.28. The smallest absolute Gasteiger partial charge is 0.315 e. The number of benzene rings is 2. The maximum atomic E-state index is 12.3. The van der Waals surface area contributed by atoms with Crippen LogP contribution in [0.25, 0.3) is 0 Å². The number of hydrogen-bond acceptors (Lipinski definition) is 6. The Labute approximate surface area is 177 Å². The number of amides is 3. The van der Waals surface area contributed by atoms with Crippen molar-refractivity contribution in [2.75, 3.05) is 11.1 Å². The first-order chi connectivity index (χ1) is 14.9. The summed E-state index contributed by atoms with van der Waals surface area (Å²) in [6.07, 6.45) is 1.54. The molecule has 31 heavy (non-hydrogen) atoms. The molecule has 3 aromatic rings. The maximum absolute atomic E-state index is 12.3. The lowest BCUT2D eigenvalue weighted by molar-refractivity contribution is -0.384. The molecule has 0 aliphatic rings. The molecule has 1 aromatic heterocycles. The van der Waals surface area contributed by atoms with Gasteiger partial charge in [0.05, 0.1) is 10.6 Å². The van der Waals surface area contributed by atoms with E-state index in [0.29, 0.717) is 11.3 Å². The summed E-state index contributed by atoms with van der Waals surface area (Å²) in [5, 5.41) is 18.7. The predicted octanol–water partition coefficient (Wildman–Crippen LogP) is 2.82. The van der Waals surface area contributed by atoms with Gasteiger partial charge in [-0.3, -0.25) is 14.9 Å². The second-order valence-corrected chi connectivity index (χ2v) is 6.55. The summed E-state index contributed by atoms with van der Waals surface area (Å²) < 4.78 is 0. The highest BCUT2D eigenvalue weighted by atomic mass is 16.6. The molecule has 1 heterocycles. The van der Waals surface area contributed by atoms with E-state index >= 15 is 0 Å². The molecule has 0 fully saturated rings. The number of urea groups is 1. The van der Waals surface area contributed by atoms with Gasteiger partial charge in [0.15, 0.2) is 0 Å². The van der Waals surface area contributed by atoms with E-state index in [-0.39, 0.29) is 36.5 Å². The van der Waals surface area contributed by atoms with Crippen molar-refractivity contribution < 1.29 is 14.5 Å². The van der Waals surface area contributed by atoms with Crippen molar-refractivity contribution in [3.05, 3.63) is 93.7 Å². The largest absolute Gasteiger partial charge is 0.382 e. The molecule has 0 aliphatic carbocycles. The molecule has 0 saturated carbocycles. The molecule has 0 unspecified atom stereocenters. The van der Waals surface area contributed by atoms with E-state index in [4.69, 9.17) is 5.73 Å². The van der Waals surface area contributed by atoms with Crippen LogP contribution < -0.4 is 21.7 Å². The first kappa shape index (κ1) is 21.2. The van der Waals surface area contributed by atoms with E-state index in [1.54, 1.807) is 48.5 Å². The van der Waals surface area contributed by atoms with Gasteiger partial charge in [0, 0.05) is 37.0 Å². The lowest BCUT2D eigenvalue weighted by atomic mass is 10.1. The molecule has 3 rings (SSSR count). The zero-order valence-corrected chi connectivity index (χ0v) is 16.4. The number of aromatic nitrogens is 1. The summed E-state index contributed by atoms with van der Waals surface area (Å²) in [4.78, 5) is 38.4. The monoisotopic (exact) mass is 420 g/mol. The van der Waals surface area contributed by atoms with E-state index in [2.05, 4.69) is 20.9 Å². The second kappa shape index (κ2) is 9.83. The molecule has 10 nitrogen and oxygen atoms in total. The van der Waals surface area contributed by atoms with Crippen LogP contribution in [0.5, 0.6) is 0 Å². The predicted molar refractivity (Wildman–Crippen MR) is 115 cm³/mol. The number of nitrogens with one attached hydrogen (secondary N) is 3. The van der Waals surface area contributed by atoms with Gasteiger partial charge in [0.1, 0.15) is 5.82 Å². The topological polar surface area (TPSA) is 152 Å². The van der Waals surface area contributed by atoms with Crippen LogP contribution in [-0.2, 0) is 13.1 Å². The fourth-order valence-corrected chi connectivity index (χ4v) is 2.65. The van der Waals surface area contributed by atoms with E-state index in [1.165, 1.54) is 18.3 Å². The van der Waals surface area contributed by atoms with Gasteiger partial charge >= 0.3 is 6.03 Å². The van der Waals surface area contributed by atoms with Crippen molar-refractivity contribution in [1.29, 1.82) is 0 Å². The van der Waals surface area contributed by atoms with Crippen LogP contribution in [-0.4, -0.2) is 21.8 Å². The van der Waals surface area contributed by atoms with Crippen molar-refractivity contribution >= 4 is 29.1 Å². The Kier molecular flexibility index (Phi) is 6.74. The number of nitrogen functional groups attached to an aromatic ring is 1. The highest BCUT2D eigenvalue weighted by Crippen LogP contribution is 2.15. The molecule has 0 atom stereocenters. The van der Waals surface area contributed by atoms with E-state index in [0.717, 1.165) is 11.1 Å². The molecular formula is C21H20N6O4. The average Bonchev–Trinajstić information content (AvgIpc) is 2.78. The standard InChI is InChI=1S/C21H20N6O4/c22-19-18(2-1-11-23-19)26-20(28)16-7-3-14(4-8-16)12-24-21(29)25-13-15-5-9-17(10-6-15)27(30)31/h1-11H,12-13H2,(H2,22,23)(H,26,28)(H2,24,25,29). The number of nitrogens with two attached hydrogens (primary N) is 1. The van der Waals surface area contributed by atoms with Crippen LogP contribution in [0.15, 0.2) is 66.9 Å². The minimum Gasteiger partial charge on any atom is -0.382 e. The SMILES string of the molecule is Nc1ncccc1NC(=O)c1ccc(CNC(=O)NCc2ccc([N+](=O)[O-])cc2)cc1. The molecule has 10 heteroatoms. The Morgan fingerprint density at radius 2 is 1.52 bits per heavy atom. The molecule has 158 valence electrons. The molecule has 0 saturated heterocycles. The van der Waals surface area contributed by atoms with Crippen molar-refractivity contribution in [3.8, 4) is 0 Å². The van der Waals surface area contributed by atoms with Crippen molar-refractivity contribution in [2.24, 2.45) is 0 Å². The van der Waals surface area contributed by atoms with Crippen LogP contribution in [0.2, 0.25) is 0 Å². The lowest BCUT2D eigenvalue weighted by Gasteiger charge is -2.09. The van der Waals surface area contributed by atoms with Crippen LogP contribution in [0, 0.1) is 10.1 Å². The third kappa shape index (κ3) is 6.00. The number of carbonyl (C=O) groups excluding carboxylic acids is 2. The second-order valence-electron chi connectivity index (χ2n) is 6.55. The normalized spacial score (nSPS) is 10.2. The van der Waals surface area contributed by atoms with Gasteiger partial charge in [-0.2, -0.15) is 0 Å². The molecular weight excluding hydrogens is 400 g/mol. The highest BCUT2D eigenvalue weighted by Gasteiger charge is 2.09. The zero-order valence-electron chi connectivity index (χ0n) is 16.4. The van der Waals surface area contributed by atoms with Crippen LogP contribution in [0.4, 0.5) is 22.0 Å². The fourth-order valence-electron chi connectivity index (χ4n) is 2.65. The van der Waals surface area contributed by atoms with Crippen molar-refractivity contribution in [2.45, 2.75) is 13.1 Å². The Balaban J connectivity index is 1.46. The van der Waals surface area contributed by atoms with Crippen LogP contribution >= 0.6 is 0 Å². The van der Waals surface area contributed by atoms with Gasteiger partial charge in [-0.25, -0.2) is 9.78 Å². The van der Waals surface area contributed by atoms with Gasteiger partial charge < -0.3 is 21.7 Å². The van der Waals surface area contributed by atoms with Crippen molar-refractivity contribution in [3.63, 3.8) is 0 Å². The van der Waals surface area contributed by atoms with E-state index < -0.39 is 4.92 Å². The third-order valence-electron chi connectivity index (χ3n) is 4.36. The molecule has 0 aliphatic heterocycles. The maximum Gasteiger partial charge on any atom is 0.315 e. The molecule has 0 bridgehead atoms. The van der Waals surface area contributed by atoms with Gasteiger partial charge in [-0.05, 0) is 35.4 Å². The summed E-state index contributed by atoms with van der Waals surface area (Å²) >= 11 is 0. The number of nitrogens with zero attached hydrogens (tertiary/aromatic N) is 2. The summed E-state index contributed by atoms with van der Waals surface area (Å²) in [6.45, 7) is 0.504. The molecule has 0 radical (unpaired) electrons. The quantitative estimate of drug-likeness (QED) is 0.341.